The van der Waals surface area contributed by atoms with E-state index in [0.29, 0.717) is 6.04 Å². The number of fused-ring (bicyclic) bond motifs is 1. The van der Waals surface area contributed by atoms with Crippen molar-refractivity contribution in [2.24, 2.45) is 0 Å². The monoisotopic (exact) mass is 198 g/mol. The molecule has 0 N–H and O–H groups in total. The molecule has 0 amide bonds. The van der Waals surface area contributed by atoms with Gasteiger partial charge in [-0.15, -0.1) is 0 Å². The van der Waals surface area contributed by atoms with Gasteiger partial charge >= 0.3 is 0 Å². The molecule has 1 atom stereocenters. The van der Waals surface area contributed by atoms with Gasteiger partial charge in [-0.05, 0) is 49.5 Å². The third-order valence-electron chi connectivity index (χ3n) is 2.95. The van der Waals surface area contributed by atoms with Crippen molar-refractivity contribution < 1.29 is 0 Å². The Morgan fingerprint density at radius 2 is 2.00 bits per heavy atom. The average Bonchev–Trinajstić information content (AvgIpc) is 2.27. The summed E-state index contributed by atoms with van der Waals surface area (Å²) in [6.45, 7) is 2.21. The van der Waals surface area contributed by atoms with Crippen LogP contribution in [0.2, 0.25) is 0 Å². The van der Waals surface area contributed by atoms with Crippen LogP contribution in [-0.2, 0) is 0 Å². The van der Waals surface area contributed by atoms with Crippen LogP contribution < -0.4 is 0 Å². The van der Waals surface area contributed by atoms with Crippen LogP contribution in [0, 0.1) is 6.07 Å². The van der Waals surface area contributed by atoms with E-state index in [4.69, 9.17) is 0 Å². The third kappa shape index (κ3) is 2.02. The first-order valence-electron chi connectivity index (χ1n) is 5.25. The molecular formula is C14H16N. The Labute approximate surface area is 91.3 Å². The van der Waals surface area contributed by atoms with Gasteiger partial charge in [-0.25, -0.2) is 0 Å². The lowest BCUT2D eigenvalue weighted by atomic mass is 10.0. The molecule has 0 aromatic heterocycles. The molecule has 0 saturated heterocycles. The maximum absolute atomic E-state index is 3.27. The molecule has 0 aliphatic carbocycles. The Hall–Kier alpha value is -1.34. The molecule has 0 aliphatic heterocycles. The van der Waals surface area contributed by atoms with Gasteiger partial charge in [0.1, 0.15) is 0 Å². The van der Waals surface area contributed by atoms with Crippen molar-refractivity contribution in [2.45, 2.75) is 13.0 Å². The van der Waals surface area contributed by atoms with E-state index in [1.165, 1.54) is 16.3 Å². The fourth-order valence-electron chi connectivity index (χ4n) is 1.69. The van der Waals surface area contributed by atoms with E-state index in [1.54, 1.807) is 0 Å². The highest BCUT2D eigenvalue weighted by Crippen LogP contribution is 2.22. The summed E-state index contributed by atoms with van der Waals surface area (Å²) >= 11 is 0. The second-order valence-corrected chi connectivity index (χ2v) is 4.16. The minimum atomic E-state index is 0.447. The van der Waals surface area contributed by atoms with Gasteiger partial charge < -0.3 is 4.90 Å². The number of hydrogen-bond donors (Lipinski definition) is 0. The zero-order valence-corrected chi connectivity index (χ0v) is 9.49. The summed E-state index contributed by atoms with van der Waals surface area (Å²) in [4.78, 5) is 2.21. The van der Waals surface area contributed by atoms with E-state index in [9.17, 15) is 0 Å². The Kier molecular flexibility index (Phi) is 2.74. The SMILES string of the molecule is CC(c1ccc2ccc[c]c2c1)N(C)C. The molecule has 2 aromatic carbocycles. The molecule has 2 aromatic rings. The van der Waals surface area contributed by atoms with Crippen molar-refractivity contribution in [3.05, 3.63) is 48.0 Å². The molecule has 0 bridgehead atoms. The quantitative estimate of drug-likeness (QED) is 0.716. The molecule has 77 valence electrons. The average molecular weight is 198 g/mol. The normalized spacial score (nSPS) is 13.3. The second-order valence-electron chi connectivity index (χ2n) is 4.16. The fourth-order valence-corrected chi connectivity index (χ4v) is 1.69. The molecule has 0 saturated carbocycles. The van der Waals surface area contributed by atoms with Crippen LogP contribution in [0.1, 0.15) is 18.5 Å². The summed E-state index contributed by atoms with van der Waals surface area (Å²) in [5, 5.41) is 2.45. The van der Waals surface area contributed by atoms with Crippen LogP contribution in [0.4, 0.5) is 0 Å². The van der Waals surface area contributed by atoms with Crippen molar-refractivity contribution in [1.29, 1.82) is 0 Å². The first-order chi connectivity index (χ1) is 7.18. The molecule has 1 radical (unpaired) electrons. The zero-order valence-electron chi connectivity index (χ0n) is 9.49. The van der Waals surface area contributed by atoms with E-state index in [0.717, 1.165) is 0 Å². The van der Waals surface area contributed by atoms with Crippen LogP contribution in [0.25, 0.3) is 10.8 Å². The zero-order chi connectivity index (χ0) is 10.8. The Morgan fingerprint density at radius 1 is 1.20 bits per heavy atom. The first kappa shape index (κ1) is 10.2. The Morgan fingerprint density at radius 3 is 2.73 bits per heavy atom. The van der Waals surface area contributed by atoms with Crippen molar-refractivity contribution in [1.82, 2.24) is 4.90 Å². The molecule has 15 heavy (non-hydrogen) atoms. The van der Waals surface area contributed by atoms with Gasteiger partial charge in [0, 0.05) is 6.04 Å². The lowest BCUT2D eigenvalue weighted by Gasteiger charge is -2.20. The number of rotatable bonds is 2. The number of nitrogens with zero attached hydrogens (tertiary/aromatic N) is 1. The lowest BCUT2D eigenvalue weighted by Crippen LogP contribution is -2.16. The highest BCUT2D eigenvalue weighted by Gasteiger charge is 2.07. The van der Waals surface area contributed by atoms with Crippen LogP contribution in [-0.4, -0.2) is 19.0 Å². The predicted molar refractivity (Wildman–Crippen MR) is 64.9 cm³/mol. The fraction of sp³-hybridized carbons (Fsp3) is 0.286. The second kappa shape index (κ2) is 4.03. The molecule has 1 nitrogen and oxygen atoms in total. The van der Waals surface area contributed by atoms with E-state index in [1.807, 2.05) is 12.1 Å². The van der Waals surface area contributed by atoms with Gasteiger partial charge in [0.25, 0.3) is 0 Å². The van der Waals surface area contributed by atoms with Gasteiger partial charge in [-0.2, -0.15) is 0 Å². The standard InChI is InChI=1S/C14H16N/c1-11(15(2)3)13-9-8-12-6-4-5-7-14(12)10-13/h4-6,8-11H,1-3H3. The minimum Gasteiger partial charge on any atom is -0.303 e. The lowest BCUT2D eigenvalue weighted by molar-refractivity contribution is 0.321. The number of benzene rings is 2. The van der Waals surface area contributed by atoms with Crippen molar-refractivity contribution in [3.8, 4) is 0 Å². The van der Waals surface area contributed by atoms with Crippen LogP contribution in [0.15, 0.2) is 36.4 Å². The van der Waals surface area contributed by atoms with Crippen LogP contribution >= 0.6 is 0 Å². The summed E-state index contributed by atoms with van der Waals surface area (Å²) < 4.78 is 0. The minimum absolute atomic E-state index is 0.447. The van der Waals surface area contributed by atoms with E-state index in [-0.39, 0.29) is 0 Å². The highest BCUT2D eigenvalue weighted by molar-refractivity contribution is 5.82. The highest BCUT2D eigenvalue weighted by atomic mass is 15.1. The third-order valence-corrected chi connectivity index (χ3v) is 2.95. The molecular weight excluding hydrogens is 182 g/mol. The largest absolute Gasteiger partial charge is 0.303 e. The molecule has 0 fully saturated rings. The summed E-state index contributed by atoms with van der Waals surface area (Å²) in [7, 11) is 4.20. The number of hydrogen-bond acceptors (Lipinski definition) is 1. The summed E-state index contributed by atoms with van der Waals surface area (Å²) in [5.74, 6) is 0. The van der Waals surface area contributed by atoms with Gasteiger partial charge in [-0.3, -0.25) is 0 Å². The molecule has 0 aliphatic rings. The van der Waals surface area contributed by atoms with E-state index < -0.39 is 0 Å². The molecule has 2 rings (SSSR count). The van der Waals surface area contributed by atoms with E-state index >= 15 is 0 Å². The Bertz CT molecular complexity index is 460. The van der Waals surface area contributed by atoms with Crippen LogP contribution in [0.3, 0.4) is 0 Å². The van der Waals surface area contributed by atoms with Gasteiger partial charge in [-0.1, -0.05) is 30.3 Å². The maximum atomic E-state index is 3.27. The van der Waals surface area contributed by atoms with Gasteiger partial charge in [0.05, 0.1) is 0 Å². The smallest absolute Gasteiger partial charge is 0.0314 e. The van der Waals surface area contributed by atoms with Crippen LogP contribution in [0.5, 0.6) is 0 Å². The topological polar surface area (TPSA) is 3.24 Å². The summed E-state index contributed by atoms with van der Waals surface area (Å²) in [6, 6.07) is 16.4. The van der Waals surface area contributed by atoms with E-state index in [2.05, 4.69) is 56.3 Å². The summed E-state index contributed by atoms with van der Waals surface area (Å²) in [6.07, 6.45) is 0. The Balaban J connectivity index is 2.47. The van der Waals surface area contributed by atoms with Gasteiger partial charge in [0.2, 0.25) is 0 Å². The van der Waals surface area contributed by atoms with Crippen molar-refractivity contribution in [2.75, 3.05) is 14.1 Å². The first-order valence-corrected chi connectivity index (χ1v) is 5.25. The molecule has 1 unspecified atom stereocenters. The molecule has 0 spiro atoms. The summed E-state index contributed by atoms with van der Waals surface area (Å²) in [5.41, 5.74) is 1.34. The van der Waals surface area contributed by atoms with Crippen molar-refractivity contribution in [3.63, 3.8) is 0 Å². The predicted octanol–water partition coefficient (Wildman–Crippen LogP) is 3.26. The molecule has 1 heteroatoms. The van der Waals surface area contributed by atoms with Gasteiger partial charge in [0.15, 0.2) is 0 Å². The molecule has 0 heterocycles. The van der Waals surface area contributed by atoms with Crippen molar-refractivity contribution >= 4 is 10.8 Å². The maximum Gasteiger partial charge on any atom is 0.0314 e.